The van der Waals surface area contributed by atoms with Gasteiger partial charge in [-0.05, 0) is 77.8 Å². The van der Waals surface area contributed by atoms with Crippen LogP contribution in [0.3, 0.4) is 0 Å². The average molecular weight is 555 g/mol. The first-order chi connectivity index (χ1) is 20.2. The van der Waals surface area contributed by atoms with Gasteiger partial charge in [-0.3, -0.25) is 9.98 Å². The van der Waals surface area contributed by atoms with E-state index in [1.807, 2.05) is 24.4 Å². The van der Waals surface area contributed by atoms with Crippen LogP contribution in [0.1, 0.15) is 60.2 Å². The number of fused-ring (bicyclic) bond motifs is 4. The lowest BCUT2D eigenvalue weighted by Crippen LogP contribution is -2.38. The van der Waals surface area contributed by atoms with E-state index in [1.165, 1.54) is 27.9 Å². The number of nitrogens with zero attached hydrogens (tertiary/aromatic N) is 4. The molecule has 3 aromatic carbocycles. The van der Waals surface area contributed by atoms with Gasteiger partial charge in [0, 0.05) is 28.9 Å². The van der Waals surface area contributed by atoms with Gasteiger partial charge in [0.15, 0.2) is 0 Å². The number of aromatic nitrogens is 2. The van der Waals surface area contributed by atoms with E-state index in [2.05, 4.69) is 98.0 Å². The minimum Gasteiger partial charge on any atom is -0.506 e. The molecule has 0 amide bonds. The van der Waals surface area contributed by atoms with Crippen LogP contribution < -0.4 is 9.64 Å². The summed E-state index contributed by atoms with van der Waals surface area (Å²) in [5, 5.41) is 11.6. The largest absolute Gasteiger partial charge is 0.506 e. The third-order valence-corrected chi connectivity index (χ3v) is 8.48. The lowest BCUT2D eigenvalue weighted by Gasteiger charge is -2.30. The summed E-state index contributed by atoms with van der Waals surface area (Å²) in [4.78, 5) is 16.9. The second kappa shape index (κ2) is 9.69. The molecule has 1 N–H and O–H groups in total. The molecule has 0 fully saturated rings. The summed E-state index contributed by atoms with van der Waals surface area (Å²) in [5.41, 5.74) is 8.66. The molecule has 2 aliphatic rings. The molecule has 210 valence electrons. The fourth-order valence-electron chi connectivity index (χ4n) is 6.37. The maximum Gasteiger partial charge on any atom is 0.220 e. The molecule has 7 rings (SSSR count). The Morgan fingerprint density at radius 2 is 1.69 bits per heavy atom. The lowest BCUT2D eigenvalue weighted by molar-refractivity contribution is 0.457. The van der Waals surface area contributed by atoms with Crippen LogP contribution in [0.5, 0.6) is 17.4 Å². The fourth-order valence-corrected chi connectivity index (χ4v) is 6.37. The van der Waals surface area contributed by atoms with Crippen LogP contribution in [0, 0.1) is 13.8 Å². The summed E-state index contributed by atoms with van der Waals surface area (Å²) in [6.45, 7) is 10.7. The SMILES string of the molecule is Cc1cccc(C)c1N1C(c2cncc(Oc3ccc4cc(C(C)(C)C)cc(O)c4n3)c2)=N[C@H]2c3ccccc3C[C@H]21. The van der Waals surface area contributed by atoms with Crippen LogP contribution in [0.2, 0.25) is 0 Å². The molecule has 6 heteroatoms. The van der Waals surface area contributed by atoms with Gasteiger partial charge in [-0.2, -0.15) is 0 Å². The highest BCUT2D eigenvalue weighted by atomic mass is 16.5. The molecule has 42 heavy (non-hydrogen) atoms. The molecular formula is C36H34N4O2. The van der Waals surface area contributed by atoms with E-state index < -0.39 is 0 Å². The van der Waals surface area contributed by atoms with Crippen molar-refractivity contribution in [3.63, 3.8) is 0 Å². The first kappa shape index (κ1) is 26.2. The molecular weight excluding hydrogens is 520 g/mol. The zero-order valence-corrected chi connectivity index (χ0v) is 24.6. The average Bonchev–Trinajstić information content (AvgIpc) is 3.50. The first-order valence-corrected chi connectivity index (χ1v) is 14.5. The Kier molecular flexibility index (Phi) is 6.05. The number of pyridine rings is 2. The van der Waals surface area contributed by atoms with Crippen molar-refractivity contribution >= 4 is 22.4 Å². The number of hydrogen-bond acceptors (Lipinski definition) is 6. The zero-order chi connectivity index (χ0) is 29.2. The molecule has 3 heterocycles. The summed E-state index contributed by atoms with van der Waals surface area (Å²) in [7, 11) is 0. The van der Waals surface area contributed by atoms with Gasteiger partial charge in [0.1, 0.15) is 22.9 Å². The molecule has 6 nitrogen and oxygen atoms in total. The maximum absolute atomic E-state index is 10.8. The lowest BCUT2D eigenvalue weighted by atomic mass is 9.86. The monoisotopic (exact) mass is 554 g/mol. The highest BCUT2D eigenvalue weighted by Crippen LogP contribution is 2.46. The second-order valence-electron chi connectivity index (χ2n) is 12.5. The number of aryl methyl sites for hydroxylation is 2. The quantitative estimate of drug-likeness (QED) is 0.244. The third-order valence-electron chi connectivity index (χ3n) is 8.48. The van der Waals surface area contributed by atoms with Gasteiger partial charge in [-0.25, -0.2) is 4.98 Å². The predicted molar refractivity (Wildman–Crippen MR) is 168 cm³/mol. The molecule has 0 saturated carbocycles. The van der Waals surface area contributed by atoms with Crippen molar-refractivity contribution in [3.8, 4) is 17.4 Å². The number of aromatic hydroxyl groups is 1. The molecule has 1 aliphatic heterocycles. The molecule has 0 spiro atoms. The van der Waals surface area contributed by atoms with Gasteiger partial charge in [0.05, 0.1) is 18.3 Å². The number of benzene rings is 3. The van der Waals surface area contributed by atoms with Crippen LogP contribution in [-0.2, 0) is 11.8 Å². The number of phenols is 1. The Hall–Kier alpha value is -4.71. The second-order valence-corrected chi connectivity index (χ2v) is 12.5. The van der Waals surface area contributed by atoms with Crippen molar-refractivity contribution in [3.05, 3.63) is 119 Å². The van der Waals surface area contributed by atoms with Crippen LogP contribution >= 0.6 is 0 Å². The van der Waals surface area contributed by atoms with E-state index in [4.69, 9.17) is 9.73 Å². The van der Waals surface area contributed by atoms with Crippen molar-refractivity contribution < 1.29 is 9.84 Å². The minimum atomic E-state index is -0.0822. The van der Waals surface area contributed by atoms with Crippen molar-refractivity contribution in [2.24, 2.45) is 4.99 Å². The van der Waals surface area contributed by atoms with Gasteiger partial charge >= 0.3 is 0 Å². The van der Waals surface area contributed by atoms with Crippen molar-refractivity contribution in [1.82, 2.24) is 9.97 Å². The number of para-hydroxylation sites is 1. The van der Waals surface area contributed by atoms with Crippen LogP contribution in [0.4, 0.5) is 5.69 Å². The van der Waals surface area contributed by atoms with Gasteiger partial charge in [-0.15, -0.1) is 0 Å². The molecule has 5 aromatic rings. The standard InChI is InChI=1S/C36H34N4O2/c1-21-9-8-10-22(2)34(21)40-29-17-23-11-6-7-12-28(23)33(29)39-35(40)25-16-27(20-37-19-25)42-31-14-13-24-15-26(36(3,4)5)18-30(41)32(24)38-31/h6-16,18-20,29,33,41H,17H2,1-5H3/t29-,33+/m1/s1. The number of hydrogen-bond donors (Lipinski definition) is 1. The highest BCUT2D eigenvalue weighted by molar-refractivity contribution is 6.13. The number of ether oxygens (including phenoxy) is 1. The van der Waals surface area contributed by atoms with Crippen LogP contribution in [0.25, 0.3) is 10.9 Å². The molecule has 0 unspecified atom stereocenters. The van der Waals surface area contributed by atoms with Crippen molar-refractivity contribution in [2.45, 2.75) is 58.5 Å². The summed E-state index contributed by atoms with van der Waals surface area (Å²) < 4.78 is 6.22. The Bertz CT molecular complexity index is 1870. The molecule has 2 atom stereocenters. The van der Waals surface area contributed by atoms with E-state index in [1.54, 1.807) is 12.3 Å². The number of amidine groups is 1. The highest BCUT2D eigenvalue weighted by Gasteiger charge is 2.44. The van der Waals surface area contributed by atoms with Gasteiger partial charge < -0.3 is 14.7 Å². The minimum absolute atomic E-state index is 0.0582. The summed E-state index contributed by atoms with van der Waals surface area (Å²) in [6.07, 6.45) is 4.48. The summed E-state index contributed by atoms with van der Waals surface area (Å²) >= 11 is 0. The predicted octanol–water partition coefficient (Wildman–Crippen LogP) is 7.97. The number of anilines is 1. The fraction of sp³-hybridized carbons (Fsp3) is 0.250. The number of aliphatic imine (C=N–C) groups is 1. The van der Waals surface area contributed by atoms with Gasteiger partial charge in [0.2, 0.25) is 5.88 Å². The maximum atomic E-state index is 10.8. The van der Waals surface area contributed by atoms with Crippen LogP contribution in [-0.4, -0.2) is 27.0 Å². The first-order valence-electron chi connectivity index (χ1n) is 14.5. The molecule has 0 saturated heterocycles. The summed E-state index contributed by atoms with van der Waals surface area (Å²) in [5.74, 6) is 2.00. The molecule has 1 aliphatic carbocycles. The summed E-state index contributed by atoms with van der Waals surface area (Å²) in [6, 6.07) is 25.0. The van der Waals surface area contributed by atoms with E-state index in [9.17, 15) is 5.11 Å². The van der Waals surface area contributed by atoms with E-state index >= 15 is 0 Å². The van der Waals surface area contributed by atoms with Crippen molar-refractivity contribution in [1.29, 1.82) is 0 Å². The van der Waals surface area contributed by atoms with Gasteiger partial charge in [0.25, 0.3) is 0 Å². The van der Waals surface area contributed by atoms with Gasteiger partial charge in [-0.1, -0.05) is 63.2 Å². The topological polar surface area (TPSA) is 70.8 Å². The Labute approximate surface area is 246 Å². The Morgan fingerprint density at radius 3 is 2.48 bits per heavy atom. The smallest absolute Gasteiger partial charge is 0.220 e. The molecule has 0 bridgehead atoms. The third kappa shape index (κ3) is 4.38. The number of phenolic OH excluding ortho intramolecular Hbond substituents is 1. The molecule has 2 aromatic heterocycles. The molecule has 0 radical (unpaired) electrons. The zero-order valence-electron chi connectivity index (χ0n) is 24.6. The van der Waals surface area contributed by atoms with E-state index in [0.717, 1.165) is 28.8 Å². The number of rotatable bonds is 4. The van der Waals surface area contributed by atoms with Crippen LogP contribution in [0.15, 0.2) is 90.2 Å². The Balaban J connectivity index is 1.26. The Morgan fingerprint density at radius 1 is 0.905 bits per heavy atom. The van der Waals surface area contributed by atoms with E-state index in [0.29, 0.717) is 17.1 Å². The normalized spacial score (nSPS) is 17.7. The van der Waals surface area contributed by atoms with Crippen molar-refractivity contribution in [2.75, 3.05) is 4.90 Å². The van der Waals surface area contributed by atoms with E-state index in [-0.39, 0.29) is 23.2 Å².